The number of carbonyl (C=O) groups excluding carboxylic acids is 4. The molecule has 0 aromatic heterocycles. The molecule has 1 fully saturated rings. The lowest BCUT2D eigenvalue weighted by Gasteiger charge is -2.13. The van der Waals surface area contributed by atoms with E-state index in [1.165, 1.54) is 6.92 Å². The Balaban J connectivity index is 2.22. The van der Waals surface area contributed by atoms with Crippen LogP contribution in [0.25, 0.3) is 0 Å². The van der Waals surface area contributed by atoms with E-state index in [0.717, 1.165) is 11.3 Å². The molecular formula is C12H17IN2O4. The molecule has 3 amide bonds. The van der Waals surface area contributed by atoms with Crippen molar-refractivity contribution < 1.29 is 19.2 Å². The number of alkyl halides is 1. The van der Waals surface area contributed by atoms with E-state index < -0.39 is 0 Å². The average molecular weight is 380 g/mol. The predicted molar refractivity (Wildman–Crippen MR) is 76.7 cm³/mol. The maximum absolute atomic E-state index is 11.6. The average Bonchev–Trinajstić information content (AvgIpc) is 2.55. The summed E-state index contributed by atoms with van der Waals surface area (Å²) < 4.78 is -0.353. The Hall–Kier alpha value is -0.990. The van der Waals surface area contributed by atoms with Crippen molar-refractivity contribution in [3.8, 4) is 0 Å². The summed E-state index contributed by atoms with van der Waals surface area (Å²) in [4.78, 5) is 46.3. The van der Waals surface area contributed by atoms with Crippen LogP contribution >= 0.6 is 22.6 Å². The van der Waals surface area contributed by atoms with Crippen molar-refractivity contribution in [2.24, 2.45) is 0 Å². The van der Waals surface area contributed by atoms with Crippen LogP contribution in [0.15, 0.2) is 0 Å². The second-order valence-corrected chi connectivity index (χ2v) is 6.00. The fourth-order valence-electron chi connectivity index (χ4n) is 1.74. The standard InChI is InChI=1S/C12H17IN2O4/c1-8(16)4-2-3-5-14-10(17)7-15-11(18)6-9(13)12(15)19/h9H,2-7H2,1H3,(H,14,17). The first kappa shape index (κ1) is 16.1. The van der Waals surface area contributed by atoms with Crippen molar-refractivity contribution in [3.05, 3.63) is 0 Å². The largest absolute Gasteiger partial charge is 0.355 e. The fraction of sp³-hybridized carbons (Fsp3) is 0.667. The number of nitrogens with zero attached hydrogens (tertiary/aromatic N) is 1. The minimum Gasteiger partial charge on any atom is -0.355 e. The number of rotatable bonds is 7. The molecule has 0 aliphatic carbocycles. The molecule has 0 radical (unpaired) electrons. The Morgan fingerprint density at radius 1 is 1.37 bits per heavy atom. The van der Waals surface area contributed by atoms with Gasteiger partial charge in [-0.05, 0) is 19.8 Å². The van der Waals surface area contributed by atoms with Crippen molar-refractivity contribution in [2.45, 2.75) is 36.5 Å². The number of hydrogen-bond acceptors (Lipinski definition) is 4. The highest BCUT2D eigenvalue weighted by molar-refractivity contribution is 14.1. The zero-order chi connectivity index (χ0) is 14.4. The first-order valence-corrected chi connectivity index (χ1v) is 7.40. The van der Waals surface area contributed by atoms with Crippen molar-refractivity contribution >= 4 is 46.1 Å². The van der Waals surface area contributed by atoms with E-state index in [4.69, 9.17) is 0 Å². The van der Waals surface area contributed by atoms with Crippen molar-refractivity contribution in [1.82, 2.24) is 10.2 Å². The van der Waals surface area contributed by atoms with Crippen molar-refractivity contribution in [2.75, 3.05) is 13.1 Å². The fourth-order valence-corrected chi connectivity index (χ4v) is 2.45. The molecule has 1 atom stereocenters. The van der Waals surface area contributed by atoms with Gasteiger partial charge in [0, 0.05) is 19.4 Å². The highest BCUT2D eigenvalue weighted by Gasteiger charge is 2.37. The van der Waals surface area contributed by atoms with Crippen LogP contribution in [0, 0.1) is 0 Å². The molecule has 0 aromatic carbocycles. The number of unbranched alkanes of at least 4 members (excludes halogenated alkanes) is 1. The molecule has 0 spiro atoms. The highest BCUT2D eigenvalue weighted by Crippen LogP contribution is 2.19. The van der Waals surface area contributed by atoms with Crippen LogP contribution < -0.4 is 5.32 Å². The van der Waals surface area contributed by atoms with Gasteiger partial charge in [0.05, 0.1) is 3.92 Å². The predicted octanol–water partition coefficient (Wildman–Crippen LogP) is 0.424. The molecule has 19 heavy (non-hydrogen) atoms. The summed E-state index contributed by atoms with van der Waals surface area (Å²) >= 11 is 1.91. The van der Waals surface area contributed by atoms with Gasteiger partial charge in [-0.1, -0.05) is 22.6 Å². The third-order valence-electron chi connectivity index (χ3n) is 2.77. The number of amides is 3. The lowest BCUT2D eigenvalue weighted by molar-refractivity contribution is -0.142. The van der Waals surface area contributed by atoms with Crippen LogP contribution in [0.4, 0.5) is 0 Å². The Labute approximate surface area is 125 Å². The summed E-state index contributed by atoms with van der Waals surface area (Å²) in [5, 5.41) is 2.64. The van der Waals surface area contributed by atoms with Gasteiger partial charge in [-0.2, -0.15) is 0 Å². The van der Waals surface area contributed by atoms with Crippen LogP contribution in [0.1, 0.15) is 32.6 Å². The maximum atomic E-state index is 11.6. The summed E-state index contributed by atoms with van der Waals surface area (Å²) in [7, 11) is 0. The van der Waals surface area contributed by atoms with Crippen LogP contribution in [0.5, 0.6) is 0 Å². The molecule has 1 aliphatic rings. The maximum Gasteiger partial charge on any atom is 0.243 e. The van der Waals surface area contributed by atoms with E-state index in [-0.39, 0.29) is 40.4 Å². The SMILES string of the molecule is CC(=O)CCCCNC(=O)CN1C(=O)CC(I)C1=O. The third kappa shape index (κ3) is 5.25. The number of nitrogens with one attached hydrogen (secondary N) is 1. The molecule has 106 valence electrons. The zero-order valence-electron chi connectivity index (χ0n) is 10.8. The molecule has 7 heteroatoms. The first-order chi connectivity index (χ1) is 8.91. The van der Waals surface area contributed by atoms with E-state index in [9.17, 15) is 19.2 Å². The smallest absolute Gasteiger partial charge is 0.243 e. The molecule has 6 nitrogen and oxygen atoms in total. The summed E-state index contributed by atoms with van der Waals surface area (Å²) in [5.41, 5.74) is 0. The van der Waals surface area contributed by atoms with E-state index in [1.807, 2.05) is 22.6 Å². The molecule has 1 heterocycles. The van der Waals surface area contributed by atoms with Crippen molar-refractivity contribution in [1.29, 1.82) is 0 Å². The van der Waals surface area contributed by atoms with Gasteiger partial charge in [0.25, 0.3) is 0 Å². The number of likely N-dealkylation sites (tertiary alicyclic amines) is 1. The van der Waals surface area contributed by atoms with E-state index >= 15 is 0 Å². The minimum atomic E-state index is -0.353. The van der Waals surface area contributed by atoms with Gasteiger partial charge >= 0.3 is 0 Å². The number of imide groups is 1. The minimum absolute atomic E-state index is 0.132. The molecular weight excluding hydrogens is 363 g/mol. The van der Waals surface area contributed by atoms with Gasteiger partial charge in [0.1, 0.15) is 12.3 Å². The van der Waals surface area contributed by atoms with Crippen LogP contribution in [0.3, 0.4) is 0 Å². The molecule has 1 N–H and O–H groups in total. The summed E-state index contributed by atoms with van der Waals surface area (Å²) in [6.45, 7) is 1.78. The van der Waals surface area contributed by atoms with Crippen LogP contribution in [-0.2, 0) is 19.2 Å². The number of ketones is 1. The molecule has 1 saturated heterocycles. The Bertz CT molecular complexity index is 397. The second-order valence-electron chi connectivity index (χ2n) is 4.50. The topological polar surface area (TPSA) is 83.6 Å². The molecule has 1 unspecified atom stereocenters. The molecule has 0 bridgehead atoms. The summed E-state index contributed by atoms with van der Waals surface area (Å²) in [5.74, 6) is -0.795. The van der Waals surface area contributed by atoms with Crippen molar-refractivity contribution in [3.63, 3.8) is 0 Å². The lowest BCUT2D eigenvalue weighted by atomic mass is 10.2. The van der Waals surface area contributed by atoms with E-state index in [0.29, 0.717) is 19.4 Å². The molecule has 1 aliphatic heterocycles. The number of hydrogen-bond donors (Lipinski definition) is 1. The van der Waals surface area contributed by atoms with Crippen LogP contribution in [0.2, 0.25) is 0 Å². The summed E-state index contributed by atoms with van der Waals surface area (Å²) in [6, 6.07) is 0. The zero-order valence-corrected chi connectivity index (χ0v) is 12.9. The van der Waals surface area contributed by atoms with Crippen LogP contribution in [-0.4, -0.2) is 45.4 Å². The van der Waals surface area contributed by atoms with Gasteiger partial charge < -0.3 is 10.1 Å². The monoisotopic (exact) mass is 380 g/mol. The quantitative estimate of drug-likeness (QED) is 0.301. The molecule has 1 rings (SSSR count). The van der Waals surface area contributed by atoms with Gasteiger partial charge in [0.2, 0.25) is 17.7 Å². The lowest BCUT2D eigenvalue weighted by Crippen LogP contribution is -2.41. The second kappa shape index (κ2) is 7.56. The van der Waals surface area contributed by atoms with Gasteiger partial charge in [-0.15, -0.1) is 0 Å². The van der Waals surface area contributed by atoms with E-state index in [2.05, 4.69) is 5.32 Å². The summed E-state index contributed by atoms with van der Waals surface area (Å²) in [6.07, 6.45) is 2.12. The normalized spacial score (nSPS) is 18.8. The first-order valence-electron chi connectivity index (χ1n) is 6.16. The highest BCUT2D eigenvalue weighted by atomic mass is 127. The third-order valence-corrected chi connectivity index (χ3v) is 3.74. The van der Waals surface area contributed by atoms with Gasteiger partial charge in [-0.3, -0.25) is 19.3 Å². The number of carbonyl (C=O) groups is 4. The molecule has 0 saturated carbocycles. The van der Waals surface area contributed by atoms with Gasteiger partial charge in [0.15, 0.2) is 0 Å². The number of halogens is 1. The number of Topliss-reactive ketones (excluding diaryl/α,β-unsaturated/α-hetero) is 1. The Morgan fingerprint density at radius 2 is 2.05 bits per heavy atom. The molecule has 0 aromatic rings. The van der Waals surface area contributed by atoms with E-state index in [1.54, 1.807) is 0 Å². The Morgan fingerprint density at radius 3 is 2.58 bits per heavy atom. The Kier molecular flexibility index (Phi) is 6.40. The van der Waals surface area contributed by atoms with Gasteiger partial charge in [-0.25, -0.2) is 0 Å².